The van der Waals surface area contributed by atoms with E-state index in [1.54, 1.807) is 0 Å². The molecule has 0 spiro atoms. The minimum Gasteiger partial charge on any atom is -0.466 e. The average molecular weight is 360 g/mol. The van der Waals surface area contributed by atoms with Crippen molar-refractivity contribution in [3.8, 4) is 0 Å². The van der Waals surface area contributed by atoms with Gasteiger partial charge in [-0.15, -0.1) is 0 Å². The molecule has 1 fully saturated rings. The number of nitrogens with zero attached hydrogens (tertiary/aromatic N) is 1. The van der Waals surface area contributed by atoms with Crippen LogP contribution < -0.4 is 5.32 Å². The monoisotopic (exact) mass is 360 g/mol. The normalized spacial score (nSPS) is 17.2. The number of esters is 1. The minimum atomic E-state index is -0.799. The van der Waals surface area contributed by atoms with Gasteiger partial charge in [0.2, 0.25) is 11.8 Å². The fourth-order valence-electron chi connectivity index (χ4n) is 2.91. The highest BCUT2D eigenvalue weighted by atomic mass is 16.5. The van der Waals surface area contributed by atoms with Crippen LogP contribution in [0.25, 0.3) is 0 Å². The largest absolute Gasteiger partial charge is 0.466 e. The number of aryl methyl sites for hydroxylation is 1. The van der Waals surface area contributed by atoms with Crippen molar-refractivity contribution in [3.63, 3.8) is 0 Å². The second-order valence-electron chi connectivity index (χ2n) is 7.10. The van der Waals surface area contributed by atoms with Gasteiger partial charge in [-0.05, 0) is 30.4 Å². The first-order valence-electron chi connectivity index (χ1n) is 9.15. The number of nitrogens with one attached hydrogen (secondary N) is 1. The lowest BCUT2D eigenvalue weighted by atomic mass is 10.0. The molecule has 1 N–H and O–H groups in total. The van der Waals surface area contributed by atoms with Crippen molar-refractivity contribution < 1.29 is 19.1 Å². The number of hydrogen-bond acceptors (Lipinski definition) is 4. The van der Waals surface area contributed by atoms with Crippen LogP contribution in [0.15, 0.2) is 24.3 Å². The van der Waals surface area contributed by atoms with Crippen molar-refractivity contribution in [2.24, 2.45) is 5.92 Å². The molecule has 1 aliphatic rings. The number of rotatable bonds is 7. The number of hydrogen-bond donors (Lipinski definition) is 1. The van der Waals surface area contributed by atoms with Crippen molar-refractivity contribution in [2.75, 3.05) is 19.7 Å². The summed E-state index contributed by atoms with van der Waals surface area (Å²) in [5.74, 6) is -0.446. The second kappa shape index (κ2) is 9.36. The quantitative estimate of drug-likeness (QED) is 0.753. The predicted molar refractivity (Wildman–Crippen MR) is 98.4 cm³/mol. The van der Waals surface area contributed by atoms with E-state index in [1.165, 1.54) is 4.90 Å². The molecule has 6 nitrogen and oxygen atoms in total. The Labute approximate surface area is 154 Å². The molecule has 2 amide bonds. The van der Waals surface area contributed by atoms with E-state index in [2.05, 4.69) is 5.32 Å². The molecule has 1 saturated heterocycles. The summed E-state index contributed by atoms with van der Waals surface area (Å²) < 4.78 is 5.21. The number of carbonyl (C=O) groups excluding carboxylic acids is 3. The lowest BCUT2D eigenvalue weighted by Crippen LogP contribution is -2.58. The molecule has 0 aliphatic carbocycles. The molecular formula is C20H28N2O4. The molecule has 1 aliphatic heterocycles. The van der Waals surface area contributed by atoms with E-state index in [-0.39, 0.29) is 24.7 Å². The average Bonchev–Trinajstić information content (AvgIpc) is 2.58. The molecule has 142 valence electrons. The standard InChI is InChI=1S/C20H28N2O4/c1-14(2)8-11-26-19(24)13-17-20(25)21-9-10-22(17)18(23)12-16-7-5-4-6-15(16)3/h4-7,14,17H,8-13H2,1-3H3,(H,21,25). The lowest BCUT2D eigenvalue weighted by Gasteiger charge is -2.34. The molecule has 1 heterocycles. The second-order valence-corrected chi connectivity index (χ2v) is 7.10. The Bertz CT molecular complexity index is 657. The van der Waals surface area contributed by atoms with Crippen LogP contribution in [0.2, 0.25) is 0 Å². The third-order valence-electron chi connectivity index (χ3n) is 4.57. The molecule has 1 aromatic carbocycles. The highest BCUT2D eigenvalue weighted by Gasteiger charge is 2.35. The van der Waals surface area contributed by atoms with Crippen LogP contribution in [-0.4, -0.2) is 48.4 Å². The zero-order valence-corrected chi connectivity index (χ0v) is 15.8. The summed E-state index contributed by atoms with van der Waals surface area (Å²) in [4.78, 5) is 38.6. The number of carbonyl (C=O) groups is 3. The summed E-state index contributed by atoms with van der Waals surface area (Å²) >= 11 is 0. The topological polar surface area (TPSA) is 75.7 Å². The zero-order valence-electron chi connectivity index (χ0n) is 15.8. The Balaban J connectivity index is 2.00. The van der Waals surface area contributed by atoms with E-state index >= 15 is 0 Å². The molecule has 1 unspecified atom stereocenters. The predicted octanol–water partition coefficient (Wildman–Crippen LogP) is 1.84. The van der Waals surface area contributed by atoms with Crippen molar-refractivity contribution in [1.82, 2.24) is 10.2 Å². The summed E-state index contributed by atoms with van der Waals surface area (Å²) in [5.41, 5.74) is 1.97. The van der Waals surface area contributed by atoms with Gasteiger partial charge >= 0.3 is 5.97 Å². The van der Waals surface area contributed by atoms with E-state index in [4.69, 9.17) is 4.74 Å². The molecule has 0 radical (unpaired) electrons. The van der Waals surface area contributed by atoms with Gasteiger partial charge in [-0.3, -0.25) is 14.4 Å². The molecule has 0 bridgehead atoms. The summed E-state index contributed by atoms with van der Waals surface area (Å²) in [6.07, 6.45) is 0.890. The fraction of sp³-hybridized carbons (Fsp3) is 0.550. The highest BCUT2D eigenvalue weighted by Crippen LogP contribution is 2.15. The zero-order chi connectivity index (χ0) is 19.1. The van der Waals surface area contributed by atoms with Gasteiger partial charge in [-0.2, -0.15) is 0 Å². The highest BCUT2D eigenvalue weighted by molar-refractivity contribution is 5.92. The van der Waals surface area contributed by atoms with E-state index in [0.29, 0.717) is 25.6 Å². The third-order valence-corrected chi connectivity index (χ3v) is 4.57. The van der Waals surface area contributed by atoms with Crippen LogP contribution in [0.1, 0.15) is 37.8 Å². The Morgan fingerprint density at radius 1 is 1.31 bits per heavy atom. The Morgan fingerprint density at radius 3 is 2.73 bits per heavy atom. The van der Waals surface area contributed by atoms with Crippen LogP contribution in [0.4, 0.5) is 0 Å². The number of ether oxygens (including phenoxy) is 1. The van der Waals surface area contributed by atoms with Crippen molar-refractivity contribution in [1.29, 1.82) is 0 Å². The number of piperazine rings is 1. The minimum absolute atomic E-state index is 0.108. The van der Waals surface area contributed by atoms with Gasteiger partial charge in [-0.1, -0.05) is 38.1 Å². The number of benzene rings is 1. The van der Waals surface area contributed by atoms with Gasteiger partial charge in [0.15, 0.2) is 0 Å². The third kappa shape index (κ3) is 5.58. The van der Waals surface area contributed by atoms with Crippen molar-refractivity contribution in [3.05, 3.63) is 35.4 Å². The van der Waals surface area contributed by atoms with Crippen LogP contribution in [0, 0.1) is 12.8 Å². The van der Waals surface area contributed by atoms with Gasteiger partial charge in [0, 0.05) is 13.1 Å². The molecule has 1 atom stereocenters. The van der Waals surface area contributed by atoms with Crippen molar-refractivity contribution >= 4 is 17.8 Å². The Morgan fingerprint density at radius 2 is 2.04 bits per heavy atom. The summed E-state index contributed by atoms with van der Waals surface area (Å²) in [6.45, 7) is 7.19. The van der Waals surface area contributed by atoms with Gasteiger partial charge in [-0.25, -0.2) is 0 Å². The molecular weight excluding hydrogens is 332 g/mol. The maximum Gasteiger partial charge on any atom is 0.308 e. The van der Waals surface area contributed by atoms with Gasteiger partial charge in [0.25, 0.3) is 0 Å². The summed E-state index contributed by atoms with van der Waals surface area (Å²) in [6, 6.07) is 6.88. The molecule has 6 heteroatoms. The Kier molecular flexibility index (Phi) is 7.18. The first-order chi connectivity index (χ1) is 12.4. The SMILES string of the molecule is Cc1ccccc1CC(=O)N1CCNC(=O)C1CC(=O)OCCC(C)C. The maximum atomic E-state index is 12.8. The molecule has 26 heavy (non-hydrogen) atoms. The van der Waals surface area contributed by atoms with Gasteiger partial charge in [0.05, 0.1) is 19.4 Å². The summed E-state index contributed by atoms with van der Waals surface area (Å²) in [5, 5.41) is 2.73. The summed E-state index contributed by atoms with van der Waals surface area (Å²) in [7, 11) is 0. The lowest BCUT2D eigenvalue weighted by molar-refractivity contribution is -0.151. The first-order valence-corrected chi connectivity index (χ1v) is 9.15. The van der Waals surface area contributed by atoms with Gasteiger partial charge in [0.1, 0.15) is 6.04 Å². The van der Waals surface area contributed by atoms with Crippen LogP contribution in [0.5, 0.6) is 0 Å². The molecule has 2 rings (SSSR count). The Hall–Kier alpha value is -2.37. The van der Waals surface area contributed by atoms with Crippen LogP contribution >= 0.6 is 0 Å². The number of amides is 2. The van der Waals surface area contributed by atoms with Crippen LogP contribution in [-0.2, 0) is 25.5 Å². The first kappa shape index (κ1) is 19.9. The van der Waals surface area contributed by atoms with Crippen molar-refractivity contribution in [2.45, 2.75) is 46.1 Å². The van der Waals surface area contributed by atoms with Gasteiger partial charge < -0.3 is 15.0 Å². The van der Waals surface area contributed by atoms with E-state index in [0.717, 1.165) is 17.5 Å². The van der Waals surface area contributed by atoms with E-state index in [9.17, 15) is 14.4 Å². The maximum absolute atomic E-state index is 12.8. The molecule has 0 saturated carbocycles. The van der Waals surface area contributed by atoms with E-state index < -0.39 is 12.0 Å². The molecule has 1 aromatic rings. The fourth-order valence-corrected chi connectivity index (χ4v) is 2.91. The van der Waals surface area contributed by atoms with Crippen LogP contribution in [0.3, 0.4) is 0 Å². The smallest absolute Gasteiger partial charge is 0.308 e. The molecule has 0 aromatic heterocycles. The van der Waals surface area contributed by atoms with E-state index in [1.807, 2.05) is 45.0 Å².